The van der Waals surface area contributed by atoms with Gasteiger partial charge in [0.15, 0.2) is 6.10 Å². The molecule has 1 unspecified atom stereocenters. The highest BCUT2D eigenvalue weighted by atomic mass is 32.1. The number of fused-ring (bicyclic) bond motifs is 2. The molecular formula is C26H29NO7S. The average Bonchev–Trinajstić information content (AvgIpc) is 3.36. The zero-order valence-corrected chi connectivity index (χ0v) is 21.1. The Morgan fingerprint density at radius 2 is 1.89 bits per heavy atom. The van der Waals surface area contributed by atoms with Crippen molar-refractivity contribution in [2.75, 3.05) is 18.5 Å². The lowest BCUT2D eigenvalue weighted by Crippen LogP contribution is -2.30. The summed E-state index contributed by atoms with van der Waals surface area (Å²) >= 11 is 1.38. The second kappa shape index (κ2) is 10.5. The van der Waals surface area contributed by atoms with Gasteiger partial charge in [-0.3, -0.25) is 4.79 Å². The maximum Gasteiger partial charge on any atom is 0.375 e. The minimum atomic E-state index is -1.11. The highest BCUT2D eigenvalue weighted by Gasteiger charge is 2.30. The Bertz CT molecular complexity index is 1270. The molecule has 3 aromatic rings. The molecule has 0 spiro atoms. The molecule has 186 valence electrons. The monoisotopic (exact) mass is 499 g/mol. The van der Waals surface area contributed by atoms with Crippen molar-refractivity contribution in [1.82, 2.24) is 0 Å². The van der Waals surface area contributed by atoms with Crippen molar-refractivity contribution in [1.29, 1.82) is 0 Å². The SMILES string of the molecule is CCOC(=O)c1c(NC(=O)C(C)OC(=O)c2oc3ccc(OCC)cc3c2C)sc2c1CCCC2. The molecule has 0 bridgehead atoms. The van der Waals surface area contributed by atoms with Crippen LogP contribution in [0.25, 0.3) is 11.0 Å². The smallest absolute Gasteiger partial charge is 0.375 e. The lowest BCUT2D eigenvalue weighted by Gasteiger charge is -2.14. The molecule has 0 aliphatic heterocycles. The third kappa shape index (κ3) is 5.05. The van der Waals surface area contributed by atoms with E-state index in [1.165, 1.54) is 18.3 Å². The predicted molar refractivity (Wildman–Crippen MR) is 133 cm³/mol. The van der Waals surface area contributed by atoms with E-state index in [9.17, 15) is 14.4 Å². The van der Waals surface area contributed by atoms with E-state index in [0.717, 1.165) is 41.5 Å². The normalized spacial score (nSPS) is 13.7. The molecule has 0 fully saturated rings. The summed E-state index contributed by atoms with van der Waals surface area (Å²) in [6.45, 7) is 7.64. The highest BCUT2D eigenvalue weighted by Crippen LogP contribution is 2.39. The molecule has 1 amide bonds. The number of anilines is 1. The first-order valence-electron chi connectivity index (χ1n) is 11.8. The summed E-state index contributed by atoms with van der Waals surface area (Å²) in [5, 5.41) is 3.96. The maximum absolute atomic E-state index is 12.9. The average molecular weight is 500 g/mol. The number of aryl methyl sites for hydroxylation is 2. The van der Waals surface area contributed by atoms with E-state index in [1.54, 1.807) is 32.0 Å². The molecule has 8 nitrogen and oxygen atoms in total. The van der Waals surface area contributed by atoms with Crippen LogP contribution in [0.3, 0.4) is 0 Å². The van der Waals surface area contributed by atoms with Gasteiger partial charge in [-0.05, 0) is 77.1 Å². The highest BCUT2D eigenvalue weighted by molar-refractivity contribution is 7.17. The van der Waals surface area contributed by atoms with Crippen molar-refractivity contribution in [3.63, 3.8) is 0 Å². The van der Waals surface area contributed by atoms with Crippen molar-refractivity contribution in [2.45, 2.75) is 59.5 Å². The van der Waals surface area contributed by atoms with Gasteiger partial charge in [-0.15, -0.1) is 11.3 Å². The first-order valence-corrected chi connectivity index (χ1v) is 12.6. The molecule has 4 rings (SSSR count). The Balaban J connectivity index is 1.50. The molecule has 1 aliphatic carbocycles. The number of nitrogens with one attached hydrogen (secondary N) is 1. The second-order valence-electron chi connectivity index (χ2n) is 8.32. The van der Waals surface area contributed by atoms with E-state index < -0.39 is 23.9 Å². The van der Waals surface area contributed by atoms with Crippen LogP contribution in [0.15, 0.2) is 22.6 Å². The Morgan fingerprint density at radius 1 is 1.11 bits per heavy atom. The molecule has 35 heavy (non-hydrogen) atoms. The van der Waals surface area contributed by atoms with Crippen LogP contribution < -0.4 is 10.1 Å². The molecule has 1 aromatic carbocycles. The van der Waals surface area contributed by atoms with Crippen molar-refractivity contribution >= 4 is 45.2 Å². The fraction of sp³-hybridized carbons (Fsp3) is 0.423. The summed E-state index contributed by atoms with van der Waals surface area (Å²) in [6.07, 6.45) is 2.56. The summed E-state index contributed by atoms with van der Waals surface area (Å²) in [6, 6.07) is 5.30. The van der Waals surface area contributed by atoms with Gasteiger partial charge in [-0.2, -0.15) is 0 Å². The largest absolute Gasteiger partial charge is 0.494 e. The number of amides is 1. The fourth-order valence-electron chi connectivity index (χ4n) is 4.21. The number of thiophene rings is 1. The number of furan rings is 1. The van der Waals surface area contributed by atoms with Crippen molar-refractivity contribution < 1.29 is 33.0 Å². The van der Waals surface area contributed by atoms with Gasteiger partial charge in [-0.25, -0.2) is 9.59 Å². The lowest BCUT2D eigenvalue weighted by molar-refractivity contribution is -0.123. The molecule has 0 saturated carbocycles. The zero-order valence-electron chi connectivity index (χ0n) is 20.3. The number of benzene rings is 1. The quantitative estimate of drug-likeness (QED) is 0.412. The molecular weight excluding hydrogens is 470 g/mol. The van der Waals surface area contributed by atoms with Crippen molar-refractivity contribution in [3.05, 3.63) is 45.5 Å². The van der Waals surface area contributed by atoms with Crippen LogP contribution in [-0.2, 0) is 27.1 Å². The lowest BCUT2D eigenvalue weighted by atomic mass is 9.95. The Morgan fingerprint density at radius 3 is 2.63 bits per heavy atom. The van der Waals surface area contributed by atoms with Gasteiger partial charge >= 0.3 is 11.9 Å². The number of esters is 2. The van der Waals surface area contributed by atoms with Crippen LogP contribution in [0.1, 0.15) is 70.5 Å². The number of hydrogen-bond donors (Lipinski definition) is 1. The van der Waals surface area contributed by atoms with E-state index in [1.807, 2.05) is 6.92 Å². The van der Waals surface area contributed by atoms with Gasteiger partial charge in [0.25, 0.3) is 5.91 Å². The standard InChI is InChI=1S/C26H29NO7S/c1-5-31-16-11-12-19-18(13-16)14(3)22(34-19)26(30)33-15(4)23(28)27-24-21(25(29)32-6-2)17-9-7-8-10-20(17)35-24/h11-13,15H,5-10H2,1-4H3,(H,27,28). The summed E-state index contributed by atoms with van der Waals surface area (Å²) in [4.78, 5) is 39.5. The minimum Gasteiger partial charge on any atom is -0.494 e. The maximum atomic E-state index is 12.9. The molecule has 1 atom stereocenters. The predicted octanol–water partition coefficient (Wildman–Crippen LogP) is 5.44. The summed E-state index contributed by atoms with van der Waals surface area (Å²) in [5.41, 5.74) is 2.49. The molecule has 9 heteroatoms. The van der Waals surface area contributed by atoms with Gasteiger partial charge < -0.3 is 23.9 Å². The van der Waals surface area contributed by atoms with E-state index in [0.29, 0.717) is 34.1 Å². The van der Waals surface area contributed by atoms with E-state index in [2.05, 4.69) is 5.32 Å². The third-order valence-electron chi connectivity index (χ3n) is 5.94. The van der Waals surface area contributed by atoms with Crippen LogP contribution >= 0.6 is 11.3 Å². The number of carbonyl (C=O) groups excluding carboxylic acids is 3. The van der Waals surface area contributed by atoms with Crippen molar-refractivity contribution in [3.8, 4) is 5.75 Å². The molecule has 0 radical (unpaired) electrons. The Kier molecular flexibility index (Phi) is 7.45. The minimum absolute atomic E-state index is 0.0344. The number of rotatable bonds is 8. The first kappa shape index (κ1) is 24.8. The van der Waals surface area contributed by atoms with Crippen LogP contribution in [0.5, 0.6) is 5.75 Å². The summed E-state index contributed by atoms with van der Waals surface area (Å²) in [7, 11) is 0. The topological polar surface area (TPSA) is 104 Å². The van der Waals surface area contributed by atoms with Crippen LogP contribution in [-0.4, -0.2) is 37.2 Å². The Labute approximate surface area is 207 Å². The Hall–Kier alpha value is -3.33. The van der Waals surface area contributed by atoms with Gasteiger partial charge in [0.1, 0.15) is 16.3 Å². The molecule has 1 N–H and O–H groups in total. The van der Waals surface area contributed by atoms with Crippen LogP contribution in [0.4, 0.5) is 5.00 Å². The number of hydrogen-bond acceptors (Lipinski definition) is 8. The van der Waals surface area contributed by atoms with Gasteiger partial charge in [-0.1, -0.05) is 0 Å². The number of carbonyl (C=O) groups is 3. The van der Waals surface area contributed by atoms with Crippen LogP contribution in [0.2, 0.25) is 0 Å². The third-order valence-corrected chi connectivity index (χ3v) is 7.15. The van der Waals surface area contributed by atoms with Gasteiger partial charge in [0.2, 0.25) is 5.76 Å². The summed E-state index contributed by atoms with van der Waals surface area (Å²) in [5.74, 6) is -1.01. The number of ether oxygens (including phenoxy) is 3. The van der Waals surface area contributed by atoms with Gasteiger partial charge in [0.05, 0.1) is 18.8 Å². The van der Waals surface area contributed by atoms with Gasteiger partial charge in [0, 0.05) is 15.8 Å². The van der Waals surface area contributed by atoms with E-state index in [4.69, 9.17) is 18.6 Å². The first-order chi connectivity index (χ1) is 16.8. The molecule has 2 aromatic heterocycles. The zero-order chi connectivity index (χ0) is 25.1. The molecule has 2 heterocycles. The van der Waals surface area contributed by atoms with Crippen LogP contribution in [0, 0.1) is 6.92 Å². The summed E-state index contributed by atoms with van der Waals surface area (Å²) < 4.78 is 21.9. The van der Waals surface area contributed by atoms with Crippen molar-refractivity contribution in [2.24, 2.45) is 0 Å². The van der Waals surface area contributed by atoms with E-state index >= 15 is 0 Å². The fourth-order valence-corrected chi connectivity index (χ4v) is 5.49. The molecule has 1 aliphatic rings. The second-order valence-corrected chi connectivity index (χ2v) is 9.42. The molecule has 0 saturated heterocycles. The van der Waals surface area contributed by atoms with E-state index in [-0.39, 0.29) is 12.4 Å².